The van der Waals surface area contributed by atoms with Crippen LogP contribution in [0.2, 0.25) is 0 Å². The molecule has 2 N–H and O–H groups in total. The van der Waals surface area contributed by atoms with Gasteiger partial charge < -0.3 is 9.64 Å². The normalized spacial score (nSPS) is 29.5. The maximum absolute atomic E-state index is 8.72. The fourth-order valence-corrected chi connectivity index (χ4v) is 1.99. The predicted molar refractivity (Wildman–Crippen MR) is 60.7 cm³/mol. The molecule has 0 radical (unpaired) electrons. The number of nitrogens with one attached hydrogen (secondary N) is 1. The van der Waals surface area contributed by atoms with Gasteiger partial charge in [-0.25, -0.2) is 4.99 Å². The molecular formula is C11H17N3O2. The monoisotopic (exact) mass is 223 g/mol. The quantitative estimate of drug-likeness (QED) is 0.698. The molecule has 0 saturated carbocycles. The Morgan fingerprint density at radius 1 is 1.69 bits per heavy atom. The van der Waals surface area contributed by atoms with Gasteiger partial charge in [0.25, 0.3) is 0 Å². The summed E-state index contributed by atoms with van der Waals surface area (Å²) in [5.41, 5.74) is 2.00. The minimum Gasteiger partial charge on any atom is -0.355 e. The Bertz CT molecular complexity index is 338. The molecule has 0 aromatic rings. The van der Waals surface area contributed by atoms with Crippen molar-refractivity contribution in [3.8, 4) is 0 Å². The molecule has 0 aliphatic carbocycles. The summed E-state index contributed by atoms with van der Waals surface area (Å²) in [6.45, 7) is 5.97. The standard InChI is InChI=1S/C11H17N3O2/c1-3-9-4-5-11(16-9)14-7-6-10(13-15)12-8(14)2/h6-7,9,11,15H,2-5H2,1H3,(H,12,13). The maximum atomic E-state index is 8.72. The molecule has 2 unspecified atom stereocenters. The highest BCUT2D eigenvalue weighted by Gasteiger charge is 2.29. The lowest BCUT2D eigenvalue weighted by Crippen LogP contribution is -2.33. The topological polar surface area (TPSA) is 57.1 Å². The van der Waals surface area contributed by atoms with Crippen LogP contribution in [0, 0.1) is 0 Å². The maximum Gasteiger partial charge on any atom is 0.153 e. The van der Waals surface area contributed by atoms with E-state index in [0.29, 0.717) is 17.8 Å². The highest BCUT2D eigenvalue weighted by Crippen LogP contribution is 2.28. The zero-order valence-electron chi connectivity index (χ0n) is 9.39. The van der Waals surface area contributed by atoms with E-state index in [1.165, 1.54) is 0 Å². The van der Waals surface area contributed by atoms with Crippen LogP contribution in [0.1, 0.15) is 26.2 Å². The Kier molecular flexibility index (Phi) is 3.26. The van der Waals surface area contributed by atoms with Gasteiger partial charge in [0.15, 0.2) is 5.84 Å². The second-order valence-corrected chi connectivity index (χ2v) is 3.95. The molecule has 1 fully saturated rings. The molecule has 0 spiro atoms. The van der Waals surface area contributed by atoms with Crippen LogP contribution in [0.15, 0.2) is 29.7 Å². The van der Waals surface area contributed by atoms with E-state index in [-0.39, 0.29) is 6.23 Å². The van der Waals surface area contributed by atoms with Crippen LogP contribution < -0.4 is 5.48 Å². The van der Waals surface area contributed by atoms with Crippen molar-refractivity contribution in [3.05, 3.63) is 24.7 Å². The lowest BCUT2D eigenvalue weighted by Gasteiger charge is -2.29. The molecule has 1 saturated heterocycles. The molecule has 2 aliphatic rings. The van der Waals surface area contributed by atoms with Crippen molar-refractivity contribution in [1.82, 2.24) is 10.4 Å². The van der Waals surface area contributed by atoms with Crippen molar-refractivity contribution in [2.75, 3.05) is 0 Å². The summed E-state index contributed by atoms with van der Waals surface area (Å²) in [6.07, 6.45) is 6.99. The fraction of sp³-hybridized carbons (Fsp3) is 0.545. The minimum absolute atomic E-state index is 0.0256. The van der Waals surface area contributed by atoms with Gasteiger partial charge in [-0.2, -0.15) is 0 Å². The van der Waals surface area contributed by atoms with Gasteiger partial charge in [-0.05, 0) is 25.3 Å². The second-order valence-electron chi connectivity index (χ2n) is 3.95. The number of hydroxylamine groups is 1. The molecule has 2 heterocycles. The van der Waals surface area contributed by atoms with Gasteiger partial charge in [0.1, 0.15) is 12.0 Å². The largest absolute Gasteiger partial charge is 0.355 e. The number of ether oxygens (including phenoxy) is 1. The van der Waals surface area contributed by atoms with Gasteiger partial charge in [-0.1, -0.05) is 13.5 Å². The van der Waals surface area contributed by atoms with E-state index in [1.807, 2.05) is 16.6 Å². The molecule has 0 aromatic heterocycles. The summed E-state index contributed by atoms with van der Waals surface area (Å²) in [5, 5.41) is 8.72. The Balaban J connectivity index is 2.00. The molecule has 16 heavy (non-hydrogen) atoms. The summed E-state index contributed by atoms with van der Waals surface area (Å²) >= 11 is 0. The van der Waals surface area contributed by atoms with Crippen molar-refractivity contribution in [1.29, 1.82) is 0 Å². The third-order valence-electron chi connectivity index (χ3n) is 2.91. The first-order valence-corrected chi connectivity index (χ1v) is 5.54. The summed E-state index contributed by atoms with van der Waals surface area (Å²) in [5.74, 6) is 0.979. The zero-order chi connectivity index (χ0) is 11.5. The van der Waals surface area contributed by atoms with Crippen LogP contribution in [0.3, 0.4) is 0 Å². The third-order valence-corrected chi connectivity index (χ3v) is 2.91. The van der Waals surface area contributed by atoms with E-state index >= 15 is 0 Å². The number of rotatable bonds is 2. The first-order chi connectivity index (χ1) is 7.74. The van der Waals surface area contributed by atoms with E-state index in [9.17, 15) is 0 Å². The second kappa shape index (κ2) is 4.67. The van der Waals surface area contributed by atoms with Gasteiger partial charge >= 0.3 is 0 Å². The number of hydrogen-bond donors (Lipinski definition) is 2. The van der Waals surface area contributed by atoms with E-state index in [2.05, 4.69) is 18.5 Å². The van der Waals surface area contributed by atoms with Gasteiger partial charge in [0, 0.05) is 6.20 Å². The van der Waals surface area contributed by atoms with Gasteiger partial charge in [-0.15, -0.1) is 0 Å². The number of amidine groups is 1. The molecule has 0 aromatic carbocycles. The van der Waals surface area contributed by atoms with E-state index < -0.39 is 0 Å². The molecule has 88 valence electrons. The SMILES string of the molecule is C=C1N=C(NO)C=CN1C1CCC(CC)O1. The molecule has 2 rings (SSSR count). The molecule has 2 atom stereocenters. The Labute approximate surface area is 95.1 Å². The lowest BCUT2D eigenvalue weighted by atomic mass is 10.2. The van der Waals surface area contributed by atoms with Crippen molar-refractivity contribution in [2.24, 2.45) is 4.99 Å². The molecule has 0 amide bonds. The van der Waals surface area contributed by atoms with E-state index in [1.54, 1.807) is 6.08 Å². The molecule has 0 bridgehead atoms. The third kappa shape index (κ3) is 2.10. The van der Waals surface area contributed by atoms with E-state index in [0.717, 1.165) is 19.3 Å². The Morgan fingerprint density at radius 2 is 2.50 bits per heavy atom. The first kappa shape index (κ1) is 11.2. The number of aliphatic imine (C=N–C) groups is 1. The summed E-state index contributed by atoms with van der Waals surface area (Å²) < 4.78 is 5.85. The van der Waals surface area contributed by atoms with Crippen LogP contribution >= 0.6 is 0 Å². The fourth-order valence-electron chi connectivity index (χ4n) is 1.99. The van der Waals surface area contributed by atoms with Crippen LogP contribution in [-0.2, 0) is 4.74 Å². The average molecular weight is 223 g/mol. The number of nitrogens with zero attached hydrogens (tertiary/aromatic N) is 2. The summed E-state index contributed by atoms with van der Waals surface area (Å²) in [7, 11) is 0. The Morgan fingerprint density at radius 3 is 3.06 bits per heavy atom. The van der Waals surface area contributed by atoms with Crippen LogP contribution in [0.4, 0.5) is 0 Å². The average Bonchev–Trinajstić information content (AvgIpc) is 2.77. The van der Waals surface area contributed by atoms with Crippen molar-refractivity contribution < 1.29 is 9.94 Å². The van der Waals surface area contributed by atoms with Crippen molar-refractivity contribution in [2.45, 2.75) is 38.5 Å². The highest BCUT2D eigenvalue weighted by molar-refractivity contribution is 5.93. The smallest absolute Gasteiger partial charge is 0.153 e. The molecular weight excluding hydrogens is 206 g/mol. The zero-order valence-corrected chi connectivity index (χ0v) is 9.39. The van der Waals surface area contributed by atoms with Crippen molar-refractivity contribution >= 4 is 5.84 Å². The molecule has 5 heteroatoms. The predicted octanol–water partition coefficient (Wildman–Crippen LogP) is 1.58. The van der Waals surface area contributed by atoms with Gasteiger partial charge in [0.05, 0.1) is 6.10 Å². The highest BCUT2D eigenvalue weighted by atomic mass is 16.5. The van der Waals surface area contributed by atoms with Gasteiger partial charge in [0.2, 0.25) is 0 Å². The Hall–Kier alpha value is -1.33. The molecule has 5 nitrogen and oxygen atoms in total. The summed E-state index contributed by atoms with van der Waals surface area (Å²) in [4.78, 5) is 6.00. The van der Waals surface area contributed by atoms with Crippen LogP contribution in [0.5, 0.6) is 0 Å². The van der Waals surface area contributed by atoms with Gasteiger partial charge in [-0.3, -0.25) is 10.7 Å². The van der Waals surface area contributed by atoms with E-state index in [4.69, 9.17) is 9.94 Å². The minimum atomic E-state index is 0.0256. The first-order valence-electron chi connectivity index (χ1n) is 5.54. The summed E-state index contributed by atoms with van der Waals surface area (Å²) in [6, 6.07) is 0. The lowest BCUT2D eigenvalue weighted by molar-refractivity contribution is -0.0213. The molecule has 2 aliphatic heterocycles. The van der Waals surface area contributed by atoms with Crippen molar-refractivity contribution in [3.63, 3.8) is 0 Å². The van der Waals surface area contributed by atoms with Crippen LogP contribution in [0.25, 0.3) is 0 Å². The van der Waals surface area contributed by atoms with Crippen LogP contribution in [-0.4, -0.2) is 28.3 Å². The number of hydrogen-bond acceptors (Lipinski definition) is 5.